The minimum absolute atomic E-state index is 0.305. The van der Waals surface area contributed by atoms with Crippen molar-refractivity contribution in [3.63, 3.8) is 0 Å². The molecule has 0 N–H and O–H groups in total. The number of pyridine rings is 1. The fraction of sp³-hybridized carbons (Fsp3) is 0.175. The van der Waals surface area contributed by atoms with Crippen LogP contribution in [0.2, 0.25) is 0 Å². The largest absolute Gasteiger partial charge is 0.416 e. The van der Waals surface area contributed by atoms with E-state index in [0.717, 1.165) is 6.54 Å². The first-order valence-electron chi connectivity index (χ1n) is 23.7. The average Bonchev–Trinajstić information content (AvgIpc) is 3.52. The van der Waals surface area contributed by atoms with E-state index in [1.54, 1.807) is 0 Å². The zero-order valence-electron chi connectivity index (χ0n) is 41.1. The minimum atomic E-state index is -6.13. The van der Waals surface area contributed by atoms with E-state index < -0.39 is 195 Å². The van der Waals surface area contributed by atoms with Crippen LogP contribution in [-0.2, 0) is 56.0 Å². The molecule has 9 rings (SSSR count). The van der Waals surface area contributed by atoms with E-state index in [1.165, 1.54) is 33.3 Å². The molecule has 1 nitrogen and oxygen atoms in total. The maximum atomic E-state index is 14.2. The van der Waals surface area contributed by atoms with Crippen LogP contribution in [0.25, 0.3) is 17.0 Å². The fourth-order valence-electron chi connectivity index (χ4n) is 10.1. The minimum Gasteiger partial charge on any atom is -0.194 e. The van der Waals surface area contributed by atoms with Gasteiger partial charge in [0.25, 0.3) is 0 Å². The molecule has 0 amide bonds. The van der Waals surface area contributed by atoms with Gasteiger partial charge in [-0.3, -0.25) is 0 Å². The predicted molar refractivity (Wildman–Crippen MR) is 257 cm³/mol. The Kier molecular flexibility index (Phi) is 15.7. The number of para-hydroxylation sites is 1. The van der Waals surface area contributed by atoms with Crippen LogP contribution in [0.5, 0.6) is 0 Å². The lowest BCUT2D eigenvalue weighted by Gasteiger charge is -2.46. The van der Waals surface area contributed by atoms with E-state index in [-0.39, 0.29) is 0 Å². The Morgan fingerprint density at radius 1 is 0.325 bits per heavy atom. The molecule has 26 heteroatoms. The third-order valence-electron chi connectivity index (χ3n) is 13.7. The standard InChI is InChI=1S/C32H12BF24.C25H20N/c34-25(35,36)13-1-14(26(37,38)39)6-21(5-13)33(22-7-15(27(40,41)42)2-16(8-22)28(43,44)45,23-9-17(29(46,47)48)3-18(10-23)30(49,50)51)24-11-19(31(52,53)54)4-20(12-24)32(55,56)57;1-2-8-19(9-3-1)18-26-24-13-7-5-11-21(24)15-17-25(26)23-16-14-20-10-4-6-12-22(20)23/h1-12H;1-17,23H,18H2/q-1;+1. The summed E-state index contributed by atoms with van der Waals surface area (Å²) in [7, 11) is 0. The van der Waals surface area contributed by atoms with Crippen LogP contribution in [0.3, 0.4) is 0 Å². The average molecular weight is 1200 g/mol. The smallest absolute Gasteiger partial charge is 0.194 e. The van der Waals surface area contributed by atoms with Gasteiger partial charge in [-0.25, -0.2) is 0 Å². The summed E-state index contributed by atoms with van der Waals surface area (Å²) in [5.74, 6) is 0.305. The van der Waals surface area contributed by atoms with Crippen molar-refractivity contribution in [3.05, 3.63) is 237 Å². The Labute approximate surface area is 452 Å². The number of hydrogen-bond acceptors (Lipinski definition) is 0. The molecule has 1 atom stereocenters. The molecular formula is C57H32BF24N. The SMILES string of the molecule is C1=CC(c2ccc3ccccc3[n+]2Cc2ccccc2)c2ccccc21.FC(F)(F)c1cc([B-](c2cc(C(F)(F)F)cc(C(F)(F)F)c2)(c2cc(C(F)(F)F)cc(C(F)(F)F)c2)c2cc(C(F)(F)F)cc(C(F)(F)F)c2)cc(C(F)(F)F)c1. The van der Waals surface area contributed by atoms with Gasteiger partial charge in [-0.05, 0) is 47.5 Å². The van der Waals surface area contributed by atoms with Gasteiger partial charge >= 0.3 is 49.4 Å². The summed E-state index contributed by atoms with van der Waals surface area (Å²) >= 11 is 0. The summed E-state index contributed by atoms with van der Waals surface area (Å²) in [4.78, 5) is 0. The van der Waals surface area contributed by atoms with Crippen LogP contribution < -0.4 is 26.4 Å². The van der Waals surface area contributed by atoms with E-state index in [2.05, 4.69) is 108 Å². The highest BCUT2D eigenvalue weighted by Gasteiger charge is 2.47. The highest BCUT2D eigenvalue weighted by Crippen LogP contribution is 2.42. The Hall–Kier alpha value is -7.93. The summed E-state index contributed by atoms with van der Waals surface area (Å²) in [6.07, 6.45) is -50.2. The van der Waals surface area contributed by atoms with Gasteiger partial charge in [0.15, 0.2) is 12.2 Å². The highest BCUT2D eigenvalue weighted by atomic mass is 19.4. The third kappa shape index (κ3) is 13.0. The molecule has 0 bridgehead atoms. The van der Waals surface area contributed by atoms with E-state index in [9.17, 15) is 105 Å². The molecule has 83 heavy (non-hydrogen) atoms. The highest BCUT2D eigenvalue weighted by molar-refractivity contribution is 7.20. The van der Waals surface area contributed by atoms with Crippen LogP contribution in [0.4, 0.5) is 105 Å². The van der Waals surface area contributed by atoms with Crippen LogP contribution in [0.15, 0.2) is 170 Å². The molecule has 1 aromatic heterocycles. The maximum absolute atomic E-state index is 14.2. The quantitative estimate of drug-likeness (QED) is 0.0851. The molecule has 1 unspecified atom stereocenters. The zero-order chi connectivity index (χ0) is 61.3. The number of benzene rings is 7. The van der Waals surface area contributed by atoms with E-state index in [0.29, 0.717) is 5.92 Å². The van der Waals surface area contributed by atoms with Crippen LogP contribution in [0.1, 0.15) is 72.8 Å². The number of hydrogen-bond donors (Lipinski definition) is 0. The van der Waals surface area contributed by atoms with Gasteiger partial charge in [0.2, 0.25) is 5.52 Å². The van der Waals surface area contributed by atoms with E-state index >= 15 is 0 Å². The number of alkyl halides is 24. The molecule has 0 radical (unpaired) electrons. The molecule has 436 valence electrons. The van der Waals surface area contributed by atoms with Crippen molar-refractivity contribution in [2.45, 2.75) is 61.9 Å². The van der Waals surface area contributed by atoms with Crippen LogP contribution in [-0.4, -0.2) is 6.15 Å². The van der Waals surface area contributed by atoms with Crippen molar-refractivity contribution in [3.8, 4) is 0 Å². The summed E-state index contributed by atoms with van der Waals surface area (Å²) < 4.78 is 343. The zero-order valence-corrected chi connectivity index (χ0v) is 41.1. The molecule has 1 aliphatic carbocycles. The lowest BCUT2D eigenvalue weighted by molar-refractivity contribution is -0.670. The molecule has 1 heterocycles. The maximum Gasteiger partial charge on any atom is 0.416 e. The van der Waals surface area contributed by atoms with Gasteiger partial charge in [0.1, 0.15) is 6.15 Å². The van der Waals surface area contributed by atoms with E-state index in [4.69, 9.17) is 0 Å². The molecule has 0 aliphatic heterocycles. The number of aromatic nitrogens is 1. The van der Waals surface area contributed by atoms with Gasteiger partial charge < -0.3 is 0 Å². The normalized spacial score (nSPS) is 14.6. The Bertz CT molecular complexity index is 3290. The molecule has 7 aromatic carbocycles. The molecule has 0 spiro atoms. The van der Waals surface area contributed by atoms with Gasteiger partial charge in [0.05, 0.1) is 50.4 Å². The van der Waals surface area contributed by atoms with E-state index in [1.807, 2.05) is 0 Å². The summed E-state index contributed by atoms with van der Waals surface area (Å²) in [5, 5.41) is 1.28. The Balaban J connectivity index is 0.000000283. The Morgan fingerprint density at radius 3 is 0.988 bits per heavy atom. The van der Waals surface area contributed by atoms with Crippen LogP contribution in [0, 0.1) is 0 Å². The second kappa shape index (κ2) is 21.4. The monoisotopic (exact) mass is 1200 g/mol. The van der Waals surface area contributed by atoms with Gasteiger partial charge in [0, 0.05) is 23.1 Å². The molecule has 0 saturated heterocycles. The topological polar surface area (TPSA) is 3.88 Å². The Morgan fingerprint density at radius 2 is 0.639 bits per heavy atom. The van der Waals surface area contributed by atoms with Crippen molar-refractivity contribution in [2.24, 2.45) is 0 Å². The lowest BCUT2D eigenvalue weighted by Crippen LogP contribution is -2.75. The first-order valence-corrected chi connectivity index (χ1v) is 23.7. The number of halogens is 24. The summed E-state index contributed by atoms with van der Waals surface area (Å²) in [6, 6.07) is 23.8. The molecule has 8 aromatic rings. The van der Waals surface area contributed by atoms with Crippen molar-refractivity contribution in [1.82, 2.24) is 0 Å². The van der Waals surface area contributed by atoms with Crippen molar-refractivity contribution < 1.29 is 110 Å². The third-order valence-corrected chi connectivity index (χ3v) is 13.7. The summed E-state index contributed by atoms with van der Waals surface area (Å²) in [5.41, 5.74) is -23.5. The van der Waals surface area contributed by atoms with Gasteiger partial charge in [-0.1, -0.05) is 127 Å². The second-order valence-corrected chi connectivity index (χ2v) is 19.1. The van der Waals surface area contributed by atoms with Crippen LogP contribution >= 0.6 is 0 Å². The number of nitrogens with zero attached hydrogens (tertiary/aromatic N) is 1. The first-order chi connectivity index (χ1) is 38.2. The van der Waals surface area contributed by atoms with Gasteiger partial charge in [-0.15, -0.1) is 0 Å². The number of rotatable bonds is 7. The van der Waals surface area contributed by atoms with Crippen molar-refractivity contribution in [2.75, 3.05) is 0 Å². The van der Waals surface area contributed by atoms with Gasteiger partial charge in [-0.2, -0.15) is 132 Å². The number of fused-ring (bicyclic) bond motifs is 2. The fourth-order valence-corrected chi connectivity index (χ4v) is 10.1. The lowest BCUT2D eigenvalue weighted by atomic mass is 9.12. The second-order valence-electron chi connectivity index (χ2n) is 19.1. The first kappa shape index (κ1) is 61.2. The molecule has 0 fully saturated rings. The van der Waals surface area contributed by atoms with Crippen molar-refractivity contribution in [1.29, 1.82) is 0 Å². The predicted octanol–water partition coefficient (Wildman–Crippen LogP) is 16.5. The molecule has 0 saturated carbocycles. The summed E-state index contributed by atoms with van der Waals surface area (Å²) in [6.45, 7) is 0.879. The van der Waals surface area contributed by atoms with Crippen molar-refractivity contribution >= 4 is 45.0 Å². The molecule has 1 aliphatic rings. The number of allylic oxidation sites excluding steroid dienone is 1. The molecular weight excluding hydrogens is 1170 g/mol.